The minimum absolute atomic E-state index is 0.122. The summed E-state index contributed by atoms with van der Waals surface area (Å²) in [6, 6.07) is 13.6. The molecule has 0 saturated carbocycles. The van der Waals surface area contributed by atoms with Crippen molar-refractivity contribution in [1.29, 1.82) is 0 Å². The summed E-state index contributed by atoms with van der Waals surface area (Å²) in [7, 11) is 0. The van der Waals surface area contributed by atoms with E-state index < -0.39 is 0 Å². The summed E-state index contributed by atoms with van der Waals surface area (Å²) in [6.45, 7) is 5.21. The molecule has 3 N–H and O–H groups in total. The number of nitroso groups, excluding NO2 is 1. The Morgan fingerprint density at radius 1 is 1.15 bits per heavy atom. The standard InChI is InChI=1S/C20H25N5O2/c1-15(26)24-9-11-25(12-10-24)18-4-2-3-17(14-18)22-19-6-5-16(7-8-21)13-20(19)23-27/h2-6,13-14,22H,7-12,21H2,1H3. The fraction of sp³-hybridized carbons (Fsp3) is 0.350. The summed E-state index contributed by atoms with van der Waals surface area (Å²) in [5.41, 5.74) is 9.59. The second kappa shape index (κ2) is 8.64. The molecule has 7 heteroatoms. The SMILES string of the molecule is CC(=O)N1CCN(c2cccc(Nc3ccc(CCN)cc3N=O)c2)CC1. The number of carbonyl (C=O) groups excluding carboxylic acids is 1. The highest BCUT2D eigenvalue weighted by Crippen LogP contribution is 2.31. The number of rotatable bonds is 6. The van der Waals surface area contributed by atoms with Crippen molar-refractivity contribution >= 4 is 28.7 Å². The average molecular weight is 367 g/mol. The van der Waals surface area contributed by atoms with Gasteiger partial charge in [-0.15, -0.1) is 4.91 Å². The number of nitrogens with two attached hydrogens (primary N) is 1. The summed E-state index contributed by atoms with van der Waals surface area (Å²) in [5, 5.41) is 6.43. The van der Waals surface area contributed by atoms with Gasteiger partial charge in [0.2, 0.25) is 5.91 Å². The Morgan fingerprint density at radius 3 is 2.59 bits per heavy atom. The predicted octanol–water partition coefficient (Wildman–Crippen LogP) is 3.00. The van der Waals surface area contributed by atoms with E-state index in [1.807, 2.05) is 35.2 Å². The molecule has 3 rings (SSSR count). The van der Waals surface area contributed by atoms with Gasteiger partial charge in [0.1, 0.15) is 5.69 Å². The molecule has 0 unspecified atom stereocenters. The van der Waals surface area contributed by atoms with Crippen LogP contribution >= 0.6 is 0 Å². The van der Waals surface area contributed by atoms with E-state index in [0.29, 0.717) is 24.3 Å². The molecule has 142 valence electrons. The third-order valence-electron chi connectivity index (χ3n) is 4.81. The summed E-state index contributed by atoms with van der Waals surface area (Å²) in [5.74, 6) is 0.122. The monoisotopic (exact) mass is 367 g/mol. The Morgan fingerprint density at radius 2 is 1.93 bits per heavy atom. The Kier molecular flexibility index (Phi) is 6.03. The molecule has 0 bridgehead atoms. The van der Waals surface area contributed by atoms with Gasteiger partial charge in [-0.2, -0.15) is 0 Å². The molecule has 1 fully saturated rings. The first-order valence-corrected chi connectivity index (χ1v) is 9.14. The number of hydrogen-bond acceptors (Lipinski definition) is 6. The number of hydrogen-bond donors (Lipinski definition) is 2. The van der Waals surface area contributed by atoms with E-state index in [0.717, 1.165) is 43.1 Å². The number of nitrogens with zero attached hydrogens (tertiary/aromatic N) is 3. The molecule has 0 aliphatic carbocycles. The molecule has 0 spiro atoms. The van der Waals surface area contributed by atoms with Crippen molar-refractivity contribution in [3.05, 3.63) is 52.9 Å². The van der Waals surface area contributed by atoms with Crippen LogP contribution in [0.25, 0.3) is 0 Å². The number of anilines is 3. The molecular weight excluding hydrogens is 342 g/mol. The molecule has 7 nitrogen and oxygen atoms in total. The van der Waals surface area contributed by atoms with Gasteiger partial charge in [-0.1, -0.05) is 12.1 Å². The Bertz CT molecular complexity index is 816. The molecule has 2 aromatic rings. The van der Waals surface area contributed by atoms with Crippen molar-refractivity contribution in [2.24, 2.45) is 10.9 Å². The van der Waals surface area contributed by atoms with Gasteiger partial charge >= 0.3 is 0 Å². The molecule has 1 aliphatic heterocycles. The van der Waals surface area contributed by atoms with Gasteiger partial charge in [0, 0.05) is 44.5 Å². The lowest BCUT2D eigenvalue weighted by molar-refractivity contribution is -0.129. The van der Waals surface area contributed by atoms with Crippen LogP contribution in [0.1, 0.15) is 12.5 Å². The topological polar surface area (TPSA) is 91.0 Å². The van der Waals surface area contributed by atoms with Crippen LogP contribution in [0.15, 0.2) is 47.6 Å². The van der Waals surface area contributed by atoms with Crippen LogP contribution in [0.2, 0.25) is 0 Å². The van der Waals surface area contributed by atoms with E-state index in [-0.39, 0.29) is 5.91 Å². The third kappa shape index (κ3) is 4.62. The number of piperazine rings is 1. The molecule has 1 amide bonds. The van der Waals surface area contributed by atoms with Crippen molar-refractivity contribution < 1.29 is 4.79 Å². The maximum absolute atomic E-state index is 11.5. The summed E-state index contributed by atoms with van der Waals surface area (Å²) >= 11 is 0. The van der Waals surface area contributed by atoms with Crippen LogP contribution < -0.4 is 16.0 Å². The van der Waals surface area contributed by atoms with E-state index in [2.05, 4.69) is 21.5 Å². The first-order valence-electron chi connectivity index (χ1n) is 9.14. The molecule has 0 aromatic heterocycles. The van der Waals surface area contributed by atoms with Crippen LogP contribution in [0, 0.1) is 4.91 Å². The molecule has 1 saturated heterocycles. The zero-order chi connectivity index (χ0) is 19.2. The van der Waals surface area contributed by atoms with E-state index in [1.165, 1.54) is 0 Å². The largest absolute Gasteiger partial charge is 0.368 e. The van der Waals surface area contributed by atoms with Crippen molar-refractivity contribution in [1.82, 2.24) is 4.90 Å². The first-order chi connectivity index (χ1) is 13.1. The quantitative estimate of drug-likeness (QED) is 0.766. The van der Waals surface area contributed by atoms with Gasteiger partial charge in [-0.25, -0.2) is 0 Å². The zero-order valence-electron chi connectivity index (χ0n) is 15.5. The van der Waals surface area contributed by atoms with Gasteiger partial charge in [0.25, 0.3) is 0 Å². The van der Waals surface area contributed by atoms with E-state index in [9.17, 15) is 9.70 Å². The Balaban J connectivity index is 1.73. The van der Waals surface area contributed by atoms with Crippen molar-refractivity contribution in [3.63, 3.8) is 0 Å². The van der Waals surface area contributed by atoms with E-state index in [1.54, 1.807) is 13.0 Å². The van der Waals surface area contributed by atoms with Gasteiger partial charge in [-0.05, 0) is 54.0 Å². The van der Waals surface area contributed by atoms with Gasteiger partial charge in [0.15, 0.2) is 0 Å². The molecule has 0 atom stereocenters. The number of carbonyl (C=O) groups is 1. The normalized spacial score (nSPS) is 14.1. The first kappa shape index (κ1) is 18.8. The molecular formula is C20H25N5O2. The minimum Gasteiger partial charge on any atom is -0.368 e. The van der Waals surface area contributed by atoms with Crippen LogP contribution in [-0.2, 0) is 11.2 Å². The fourth-order valence-electron chi connectivity index (χ4n) is 3.30. The molecule has 0 radical (unpaired) electrons. The third-order valence-corrected chi connectivity index (χ3v) is 4.81. The molecule has 27 heavy (non-hydrogen) atoms. The van der Waals surface area contributed by atoms with Crippen LogP contribution in [0.5, 0.6) is 0 Å². The lowest BCUT2D eigenvalue weighted by atomic mass is 10.1. The highest BCUT2D eigenvalue weighted by atomic mass is 16.3. The lowest BCUT2D eigenvalue weighted by Gasteiger charge is -2.35. The van der Waals surface area contributed by atoms with Crippen LogP contribution in [0.4, 0.5) is 22.7 Å². The van der Waals surface area contributed by atoms with E-state index >= 15 is 0 Å². The van der Waals surface area contributed by atoms with Crippen LogP contribution in [0.3, 0.4) is 0 Å². The second-order valence-corrected chi connectivity index (χ2v) is 6.65. The Hall–Kier alpha value is -2.93. The van der Waals surface area contributed by atoms with Gasteiger partial charge in [-0.3, -0.25) is 4.79 Å². The molecule has 1 aliphatic rings. The summed E-state index contributed by atoms with van der Waals surface area (Å²) < 4.78 is 0. The number of amides is 1. The highest BCUT2D eigenvalue weighted by Gasteiger charge is 2.19. The molecule has 1 heterocycles. The van der Waals surface area contributed by atoms with Crippen molar-refractivity contribution in [3.8, 4) is 0 Å². The molecule has 2 aromatic carbocycles. The van der Waals surface area contributed by atoms with Gasteiger partial charge in [0.05, 0.1) is 5.69 Å². The number of benzene rings is 2. The lowest BCUT2D eigenvalue weighted by Crippen LogP contribution is -2.48. The maximum atomic E-state index is 11.5. The average Bonchev–Trinajstić information content (AvgIpc) is 2.69. The summed E-state index contributed by atoms with van der Waals surface area (Å²) in [6.07, 6.45) is 0.713. The Labute approximate surface area is 159 Å². The zero-order valence-corrected chi connectivity index (χ0v) is 15.5. The fourth-order valence-corrected chi connectivity index (χ4v) is 3.30. The number of nitrogens with one attached hydrogen (secondary N) is 1. The predicted molar refractivity (Wildman–Crippen MR) is 109 cm³/mol. The highest BCUT2D eigenvalue weighted by molar-refractivity contribution is 5.75. The minimum atomic E-state index is 0.122. The van der Waals surface area contributed by atoms with Gasteiger partial charge < -0.3 is 20.9 Å². The smallest absolute Gasteiger partial charge is 0.219 e. The second-order valence-electron chi connectivity index (χ2n) is 6.65. The maximum Gasteiger partial charge on any atom is 0.219 e. The van der Waals surface area contributed by atoms with E-state index in [4.69, 9.17) is 5.73 Å². The van der Waals surface area contributed by atoms with Crippen molar-refractivity contribution in [2.75, 3.05) is 42.9 Å². The van der Waals surface area contributed by atoms with Crippen molar-refractivity contribution in [2.45, 2.75) is 13.3 Å². The summed E-state index contributed by atoms with van der Waals surface area (Å²) in [4.78, 5) is 26.8. The van der Waals surface area contributed by atoms with Crippen LogP contribution in [-0.4, -0.2) is 43.5 Å².